The van der Waals surface area contributed by atoms with Crippen LogP contribution in [0.25, 0.3) is 0 Å². The van der Waals surface area contributed by atoms with Gasteiger partial charge in [-0.15, -0.1) is 0 Å². The molecule has 0 radical (unpaired) electrons. The maximum absolute atomic E-state index is 10.9. The Morgan fingerprint density at radius 3 is 2.71 bits per heavy atom. The Morgan fingerprint density at radius 2 is 2.06 bits per heavy atom. The van der Waals surface area contributed by atoms with Crippen molar-refractivity contribution in [1.29, 1.82) is 0 Å². The van der Waals surface area contributed by atoms with Crippen LogP contribution < -0.4 is 9.26 Å². The summed E-state index contributed by atoms with van der Waals surface area (Å²) < 4.78 is 21.1. The van der Waals surface area contributed by atoms with Gasteiger partial charge in [0, 0.05) is 0 Å². The third kappa shape index (κ3) is 2.63. The van der Waals surface area contributed by atoms with Crippen molar-refractivity contribution in [2.24, 2.45) is 0 Å². The Balaban J connectivity index is 2.48. The molecule has 0 bridgehead atoms. The van der Waals surface area contributed by atoms with E-state index in [0.29, 0.717) is 12.2 Å². The Bertz CT molecular complexity index is 491. The molecule has 0 atom stereocenters. The van der Waals surface area contributed by atoms with Gasteiger partial charge in [0.25, 0.3) is 0 Å². The molecule has 0 unspecified atom stereocenters. The van der Waals surface area contributed by atoms with Gasteiger partial charge in [0.1, 0.15) is 11.5 Å². The number of hydrogen-bond acceptors (Lipinski definition) is 3. The zero-order valence-electron chi connectivity index (χ0n) is 9.77. The third-order valence-electron chi connectivity index (χ3n) is 2.92. The van der Waals surface area contributed by atoms with E-state index < -0.39 is 7.82 Å². The molecule has 0 aromatic heterocycles. The highest BCUT2D eigenvalue weighted by molar-refractivity contribution is 7.46. The molecule has 0 spiro atoms. The molecule has 2 N–H and O–H groups in total. The Kier molecular flexibility index (Phi) is 3.17. The highest BCUT2D eigenvalue weighted by Crippen LogP contribution is 2.43. The van der Waals surface area contributed by atoms with Crippen molar-refractivity contribution in [1.82, 2.24) is 0 Å². The van der Waals surface area contributed by atoms with E-state index in [1.54, 1.807) is 13.0 Å². The Labute approximate surface area is 99.6 Å². The van der Waals surface area contributed by atoms with Crippen LogP contribution in [0.1, 0.15) is 23.1 Å². The highest BCUT2D eigenvalue weighted by atomic mass is 31.2. The first-order valence-corrected chi connectivity index (χ1v) is 6.92. The molecule has 6 heteroatoms. The molecule has 2 rings (SSSR count). The van der Waals surface area contributed by atoms with Gasteiger partial charge < -0.3 is 9.26 Å². The molecular weight excluding hydrogens is 243 g/mol. The molecule has 17 heavy (non-hydrogen) atoms. The van der Waals surface area contributed by atoms with Crippen molar-refractivity contribution >= 4 is 7.82 Å². The summed E-state index contributed by atoms with van der Waals surface area (Å²) in [6.45, 7) is 4.32. The van der Waals surface area contributed by atoms with Gasteiger partial charge in [0.2, 0.25) is 0 Å². The summed E-state index contributed by atoms with van der Waals surface area (Å²) >= 11 is 0. The van der Waals surface area contributed by atoms with Crippen LogP contribution in [-0.4, -0.2) is 16.4 Å². The number of rotatable bonds is 2. The Morgan fingerprint density at radius 1 is 1.35 bits per heavy atom. The normalized spacial score (nSPS) is 15.1. The molecule has 0 aliphatic carbocycles. The average Bonchev–Trinajstić information content (AvgIpc) is 2.24. The lowest BCUT2D eigenvalue weighted by atomic mass is 9.98. The summed E-state index contributed by atoms with van der Waals surface area (Å²) in [5.74, 6) is 1.06. The molecule has 1 aliphatic rings. The van der Waals surface area contributed by atoms with E-state index in [9.17, 15) is 4.57 Å². The van der Waals surface area contributed by atoms with E-state index in [2.05, 4.69) is 0 Å². The van der Waals surface area contributed by atoms with Crippen LogP contribution in [0.15, 0.2) is 6.07 Å². The Hall–Kier alpha value is -1.03. The van der Waals surface area contributed by atoms with E-state index in [1.165, 1.54) is 0 Å². The largest absolute Gasteiger partial charge is 0.524 e. The number of ether oxygens (including phenoxy) is 1. The van der Waals surface area contributed by atoms with Gasteiger partial charge in [-0.1, -0.05) is 0 Å². The van der Waals surface area contributed by atoms with Gasteiger partial charge in [-0.05, 0) is 49.4 Å². The number of benzene rings is 1. The molecule has 0 amide bonds. The van der Waals surface area contributed by atoms with Gasteiger partial charge in [-0.25, -0.2) is 4.57 Å². The molecule has 1 aliphatic heterocycles. The van der Waals surface area contributed by atoms with Crippen molar-refractivity contribution in [3.05, 3.63) is 22.8 Å². The summed E-state index contributed by atoms with van der Waals surface area (Å²) in [5, 5.41) is 0. The number of phosphoric ester groups is 1. The fourth-order valence-corrected chi connectivity index (χ4v) is 2.42. The smallest absolute Gasteiger partial charge is 0.493 e. The van der Waals surface area contributed by atoms with Gasteiger partial charge in [-0.3, -0.25) is 9.79 Å². The lowest BCUT2D eigenvalue weighted by Crippen LogP contribution is -2.11. The van der Waals surface area contributed by atoms with Crippen LogP contribution in [0.4, 0.5) is 0 Å². The molecule has 5 nitrogen and oxygen atoms in total. The molecule has 1 aromatic rings. The fourth-order valence-electron chi connectivity index (χ4n) is 1.97. The van der Waals surface area contributed by atoms with E-state index in [4.69, 9.17) is 19.0 Å². The van der Waals surface area contributed by atoms with Crippen LogP contribution in [0, 0.1) is 13.8 Å². The topological polar surface area (TPSA) is 76.0 Å². The van der Waals surface area contributed by atoms with Crippen LogP contribution in [0.5, 0.6) is 11.5 Å². The summed E-state index contributed by atoms with van der Waals surface area (Å²) in [4.78, 5) is 17.7. The molecule has 1 heterocycles. The molecule has 1 aromatic carbocycles. The van der Waals surface area contributed by atoms with Gasteiger partial charge in [-0.2, -0.15) is 0 Å². The summed E-state index contributed by atoms with van der Waals surface area (Å²) in [7, 11) is -4.51. The molecule has 0 fully saturated rings. The molecule has 94 valence electrons. The second-order valence-electron chi connectivity index (χ2n) is 4.15. The van der Waals surface area contributed by atoms with Crippen LogP contribution in [-0.2, 0) is 11.0 Å². The summed E-state index contributed by atoms with van der Waals surface area (Å²) in [6.07, 6.45) is 1.75. The number of fused-ring (bicyclic) bond motifs is 1. The standard InChI is InChI=1S/C11H15O5P/c1-7-8(2)11-9(4-3-5-15-11)6-10(7)16-17(12,13)14/h6H,3-5H2,1-2H3,(H2,12,13,14). The van der Waals surface area contributed by atoms with Crippen LogP contribution >= 0.6 is 7.82 Å². The fraction of sp³-hybridized carbons (Fsp3) is 0.455. The van der Waals surface area contributed by atoms with Crippen molar-refractivity contribution in [3.8, 4) is 11.5 Å². The number of aryl methyl sites for hydroxylation is 1. The van der Waals surface area contributed by atoms with Crippen molar-refractivity contribution in [2.45, 2.75) is 26.7 Å². The second kappa shape index (κ2) is 4.33. The van der Waals surface area contributed by atoms with E-state index in [1.807, 2.05) is 6.92 Å². The van der Waals surface area contributed by atoms with E-state index in [-0.39, 0.29) is 5.75 Å². The van der Waals surface area contributed by atoms with Crippen LogP contribution in [0.2, 0.25) is 0 Å². The summed E-state index contributed by atoms with van der Waals surface area (Å²) in [6, 6.07) is 1.66. The summed E-state index contributed by atoms with van der Waals surface area (Å²) in [5.41, 5.74) is 2.53. The first kappa shape index (κ1) is 12.4. The average molecular weight is 258 g/mol. The first-order valence-electron chi connectivity index (χ1n) is 5.39. The maximum Gasteiger partial charge on any atom is 0.524 e. The van der Waals surface area contributed by atoms with Gasteiger partial charge in [0.15, 0.2) is 0 Å². The number of phosphoric acid groups is 1. The van der Waals surface area contributed by atoms with Crippen molar-refractivity contribution < 1.29 is 23.6 Å². The monoisotopic (exact) mass is 258 g/mol. The minimum absolute atomic E-state index is 0.236. The molecule has 0 saturated heterocycles. The van der Waals surface area contributed by atoms with Gasteiger partial charge in [0.05, 0.1) is 6.61 Å². The highest BCUT2D eigenvalue weighted by Gasteiger charge is 2.22. The SMILES string of the molecule is Cc1c(OP(=O)(O)O)cc2c(c1C)OCCC2. The maximum atomic E-state index is 10.9. The zero-order valence-corrected chi connectivity index (χ0v) is 10.7. The quantitative estimate of drug-likeness (QED) is 0.794. The lowest BCUT2D eigenvalue weighted by Gasteiger charge is -2.22. The van der Waals surface area contributed by atoms with Crippen molar-refractivity contribution in [2.75, 3.05) is 6.61 Å². The minimum Gasteiger partial charge on any atom is -0.493 e. The predicted octanol–water partition coefficient (Wildman–Crippen LogP) is 2.10. The first-order chi connectivity index (χ1) is 7.88. The zero-order chi connectivity index (χ0) is 12.6. The second-order valence-corrected chi connectivity index (χ2v) is 5.31. The minimum atomic E-state index is -4.51. The van der Waals surface area contributed by atoms with Gasteiger partial charge >= 0.3 is 7.82 Å². The number of hydrogen-bond donors (Lipinski definition) is 2. The van der Waals surface area contributed by atoms with E-state index >= 15 is 0 Å². The third-order valence-corrected chi connectivity index (χ3v) is 3.36. The predicted molar refractivity (Wildman–Crippen MR) is 62.4 cm³/mol. The van der Waals surface area contributed by atoms with Crippen molar-refractivity contribution in [3.63, 3.8) is 0 Å². The van der Waals surface area contributed by atoms with Crippen LogP contribution in [0.3, 0.4) is 0 Å². The van der Waals surface area contributed by atoms with E-state index in [0.717, 1.165) is 29.7 Å². The lowest BCUT2D eigenvalue weighted by molar-refractivity contribution is 0.276. The molecular formula is C11H15O5P. The molecule has 0 saturated carbocycles.